The van der Waals surface area contributed by atoms with Gasteiger partial charge in [0.1, 0.15) is 11.5 Å². The number of hydrogen-bond acceptors (Lipinski definition) is 2. The molecule has 0 unspecified atom stereocenters. The average Bonchev–Trinajstić information content (AvgIpc) is 3.06. The van der Waals surface area contributed by atoms with Crippen molar-refractivity contribution in [2.75, 3.05) is 5.32 Å². The maximum Gasteiger partial charge on any atom is 0.248 e. The molecule has 0 atom stereocenters. The third-order valence-electron chi connectivity index (χ3n) is 3.37. The van der Waals surface area contributed by atoms with Crippen molar-refractivity contribution in [2.45, 2.75) is 0 Å². The van der Waals surface area contributed by atoms with Gasteiger partial charge < -0.3 is 9.73 Å². The van der Waals surface area contributed by atoms with Crippen molar-refractivity contribution in [3.63, 3.8) is 0 Å². The van der Waals surface area contributed by atoms with Crippen LogP contribution in [0, 0.1) is 3.57 Å². The quantitative estimate of drug-likeness (QED) is 0.339. The molecule has 0 fully saturated rings. The van der Waals surface area contributed by atoms with Crippen LogP contribution < -0.4 is 5.32 Å². The Morgan fingerprint density at radius 1 is 1.04 bits per heavy atom. The molecule has 0 saturated carbocycles. The van der Waals surface area contributed by atoms with E-state index in [1.165, 1.54) is 6.08 Å². The smallest absolute Gasteiger partial charge is 0.248 e. The maximum absolute atomic E-state index is 12.0. The molecule has 0 aliphatic rings. The summed E-state index contributed by atoms with van der Waals surface area (Å²) in [4.78, 5) is 12.0. The van der Waals surface area contributed by atoms with E-state index in [2.05, 4.69) is 27.9 Å². The van der Waals surface area contributed by atoms with Crippen molar-refractivity contribution < 1.29 is 9.21 Å². The second-order valence-corrected chi connectivity index (χ2v) is 7.05. The van der Waals surface area contributed by atoms with Gasteiger partial charge >= 0.3 is 0 Å². The summed E-state index contributed by atoms with van der Waals surface area (Å²) in [5.41, 5.74) is 1.47. The minimum absolute atomic E-state index is 0.233. The number of nitrogens with one attached hydrogen (secondary N) is 1. The highest BCUT2D eigenvalue weighted by Gasteiger charge is 2.10. The topological polar surface area (TPSA) is 42.2 Å². The number of carbonyl (C=O) groups excluding carboxylic acids is 1. The van der Waals surface area contributed by atoms with Crippen molar-refractivity contribution in [3.05, 3.63) is 80.0 Å². The number of anilines is 1. The van der Waals surface area contributed by atoms with Crippen LogP contribution in [0.4, 0.5) is 5.69 Å². The molecule has 3 rings (SSSR count). The lowest BCUT2D eigenvalue weighted by Gasteiger charge is -2.03. The van der Waals surface area contributed by atoms with Gasteiger partial charge in [-0.3, -0.25) is 4.79 Å². The molecule has 1 heterocycles. The predicted octanol–water partition coefficient (Wildman–Crippen LogP) is 6.51. The van der Waals surface area contributed by atoms with Crippen LogP contribution in [0.25, 0.3) is 17.4 Å². The molecule has 0 bridgehead atoms. The molecule has 0 spiro atoms. The summed E-state index contributed by atoms with van der Waals surface area (Å²) in [6, 6.07) is 16.5. The molecule has 1 amide bonds. The fourth-order valence-corrected chi connectivity index (χ4v) is 3.09. The monoisotopic (exact) mass is 483 g/mol. The molecule has 0 saturated heterocycles. The zero-order valence-corrected chi connectivity index (χ0v) is 16.5. The fourth-order valence-electron chi connectivity index (χ4n) is 2.18. The summed E-state index contributed by atoms with van der Waals surface area (Å²) >= 11 is 14.4. The van der Waals surface area contributed by atoms with E-state index < -0.39 is 0 Å². The number of para-hydroxylation sites is 1. The number of hydrogen-bond donors (Lipinski definition) is 1. The van der Waals surface area contributed by atoms with Crippen molar-refractivity contribution >= 4 is 63.5 Å². The Hall–Kier alpha value is -1.76. The SMILES string of the molecule is O=C(C=Cc1ccc(-c2cccc(Cl)c2Cl)o1)Nc1ccccc1I. The van der Waals surface area contributed by atoms with Crippen LogP contribution in [0.15, 0.2) is 65.1 Å². The van der Waals surface area contributed by atoms with Gasteiger partial charge in [-0.1, -0.05) is 41.4 Å². The summed E-state index contributed by atoms with van der Waals surface area (Å²) in [6.45, 7) is 0. The highest BCUT2D eigenvalue weighted by molar-refractivity contribution is 14.1. The standard InChI is InChI=1S/C19H12Cl2INO2/c20-14-5-3-4-13(19(14)21)17-10-8-12(25-17)9-11-18(24)23-16-7-2-1-6-15(16)22/h1-11H,(H,23,24). The van der Waals surface area contributed by atoms with Gasteiger partial charge in [0.05, 0.1) is 15.7 Å². The van der Waals surface area contributed by atoms with Gasteiger partial charge in [0.2, 0.25) is 5.91 Å². The molecule has 1 aromatic heterocycles. The number of carbonyl (C=O) groups is 1. The van der Waals surface area contributed by atoms with E-state index >= 15 is 0 Å². The van der Waals surface area contributed by atoms with E-state index in [-0.39, 0.29) is 5.91 Å². The molecule has 0 aliphatic carbocycles. The highest BCUT2D eigenvalue weighted by atomic mass is 127. The number of rotatable bonds is 4. The molecular weight excluding hydrogens is 472 g/mol. The number of furan rings is 1. The van der Waals surface area contributed by atoms with Gasteiger partial charge in [0.25, 0.3) is 0 Å². The van der Waals surface area contributed by atoms with Gasteiger partial charge in [-0.25, -0.2) is 0 Å². The molecule has 126 valence electrons. The maximum atomic E-state index is 12.0. The molecule has 0 radical (unpaired) electrons. The van der Waals surface area contributed by atoms with Crippen LogP contribution in [0.5, 0.6) is 0 Å². The summed E-state index contributed by atoms with van der Waals surface area (Å²) < 4.78 is 6.69. The fraction of sp³-hybridized carbons (Fsp3) is 0. The van der Waals surface area contributed by atoms with E-state index in [1.54, 1.807) is 30.3 Å². The minimum atomic E-state index is -0.233. The molecular formula is C19H12Cl2INO2. The lowest BCUT2D eigenvalue weighted by atomic mass is 10.2. The second kappa shape index (κ2) is 8.08. The number of benzene rings is 2. The molecule has 2 aromatic carbocycles. The first-order valence-electron chi connectivity index (χ1n) is 7.32. The van der Waals surface area contributed by atoms with Gasteiger partial charge in [-0.15, -0.1) is 0 Å². The lowest BCUT2D eigenvalue weighted by Crippen LogP contribution is -2.08. The predicted molar refractivity (Wildman–Crippen MR) is 111 cm³/mol. The molecule has 3 nitrogen and oxygen atoms in total. The first-order chi connectivity index (χ1) is 12.0. The van der Waals surface area contributed by atoms with E-state index in [0.717, 1.165) is 9.26 Å². The van der Waals surface area contributed by atoms with E-state index in [9.17, 15) is 4.79 Å². The van der Waals surface area contributed by atoms with Gasteiger partial charge in [0, 0.05) is 15.2 Å². The Morgan fingerprint density at radius 2 is 1.84 bits per heavy atom. The third kappa shape index (κ3) is 4.45. The Kier molecular flexibility index (Phi) is 5.83. The Morgan fingerprint density at radius 3 is 2.64 bits per heavy atom. The molecule has 1 N–H and O–H groups in total. The lowest BCUT2D eigenvalue weighted by molar-refractivity contribution is -0.111. The molecule has 6 heteroatoms. The minimum Gasteiger partial charge on any atom is -0.457 e. The largest absolute Gasteiger partial charge is 0.457 e. The van der Waals surface area contributed by atoms with Crippen molar-refractivity contribution in [2.24, 2.45) is 0 Å². The van der Waals surface area contributed by atoms with Crippen LogP contribution in [0.1, 0.15) is 5.76 Å². The Labute approximate surface area is 168 Å². The second-order valence-electron chi connectivity index (χ2n) is 5.11. The van der Waals surface area contributed by atoms with Gasteiger partial charge in [0.15, 0.2) is 0 Å². The highest BCUT2D eigenvalue weighted by Crippen LogP contribution is 2.34. The van der Waals surface area contributed by atoms with Crippen LogP contribution in [-0.4, -0.2) is 5.91 Å². The zero-order valence-electron chi connectivity index (χ0n) is 12.8. The van der Waals surface area contributed by atoms with E-state index in [1.807, 2.05) is 30.3 Å². The normalized spacial score (nSPS) is 11.0. The van der Waals surface area contributed by atoms with Crippen molar-refractivity contribution in [1.82, 2.24) is 0 Å². The number of halogens is 3. The van der Waals surface area contributed by atoms with E-state index in [4.69, 9.17) is 27.6 Å². The first-order valence-corrected chi connectivity index (χ1v) is 9.16. The number of amides is 1. The Balaban J connectivity index is 1.73. The van der Waals surface area contributed by atoms with Crippen LogP contribution >= 0.6 is 45.8 Å². The summed E-state index contributed by atoms with van der Waals surface area (Å²) in [5, 5.41) is 3.72. The van der Waals surface area contributed by atoms with Crippen molar-refractivity contribution in [3.8, 4) is 11.3 Å². The molecule has 0 aliphatic heterocycles. The van der Waals surface area contributed by atoms with E-state index in [0.29, 0.717) is 27.1 Å². The average molecular weight is 484 g/mol. The summed E-state index contributed by atoms with van der Waals surface area (Å²) in [5.74, 6) is 0.900. The van der Waals surface area contributed by atoms with Crippen LogP contribution in [0.2, 0.25) is 10.0 Å². The summed E-state index contributed by atoms with van der Waals surface area (Å²) in [7, 11) is 0. The van der Waals surface area contributed by atoms with Crippen molar-refractivity contribution in [1.29, 1.82) is 0 Å². The van der Waals surface area contributed by atoms with Crippen LogP contribution in [0.3, 0.4) is 0 Å². The third-order valence-corrected chi connectivity index (χ3v) is 5.13. The summed E-state index contributed by atoms with van der Waals surface area (Å²) in [6.07, 6.45) is 3.03. The van der Waals surface area contributed by atoms with Crippen LogP contribution in [-0.2, 0) is 4.79 Å². The first kappa shape index (κ1) is 18.0. The van der Waals surface area contributed by atoms with Gasteiger partial charge in [-0.05, 0) is 65.1 Å². The Bertz CT molecular complexity index is 950. The zero-order chi connectivity index (χ0) is 17.8. The molecule has 3 aromatic rings. The molecule has 25 heavy (non-hydrogen) atoms. The van der Waals surface area contributed by atoms with Gasteiger partial charge in [-0.2, -0.15) is 0 Å².